The van der Waals surface area contributed by atoms with Crippen molar-refractivity contribution in [3.05, 3.63) is 0 Å². The van der Waals surface area contributed by atoms with E-state index in [-0.39, 0.29) is 17.7 Å². The Morgan fingerprint density at radius 3 is 2.41 bits per heavy atom. The number of hydrogen-bond donors (Lipinski definition) is 1. The van der Waals surface area contributed by atoms with E-state index < -0.39 is 6.04 Å². The van der Waals surface area contributed by atoms with Crippen LogP contribution in [-0.2, 0) is 14.4 Å². The molecule has 3 amide bonds. The van der Waals surface area contributed by atoms with Gasteiger partial charge >= 0.3 is 0 Å². The van der Waals surface area contributed by atoms with Gasteiger partial charge in [0.1, 0.15) is 6.04 Å². The standard InChI is InChI=1S/C17H30N2O3/c1-3-5-6-7-8-9-11-15(20)18-17(22)14(4-2)19-13-10-12-16(19)21/h14H,3-13H2,1-2H3,(H,18,20,22). The van der Waals surface area contributed by atoms with E-state index in [4.69, 9.17) is 0 Å². The molecule has 0 radical (unpaired) electrons. The second-order valence-electron chi connectivity index (χ2n) is 6.04. The van der Waals surface area contributed by atoms with Crippen LogP contribution in [0.25, 0.3) is 0 Å². The highest BCUT2D eigenvalue weighted by Crippen LogP contribution is 2.16. The zero-order valence-corrected chi connectivity index (χ0v) is 14.0. The Bertz CT molecular complexity index is 382. The Morgan fingerprint density at radius 2 is 1.82 bits per heavy atom. The fraction of sp³-hybridized carbons (Fsp3) is 0.824. The summed E-state index contributed by atoms with van der Waals surface area (Å²) >= 11 is 0. The Morgan fingerprint density at radius 1 is 1.14 bits per heavy atom. The first-order valence-electron chi connectivity index (χ1n) is 8.73. The Kier molecular flexibility index (Phi) is 8.78. The summed E-state index contributed by atoms with van der Waals surface area (Å²) in [5, 5.41) is 2.46. The third kappa shape index (κ3) is 6.16. The van der Waals surface area contributed by atoms with Crippen molar-refractivity contribution < 1.29 is 14.4 Å². The van der Waals surface area contributed by atoms with Crippen LogP contribution in [0.2, 0.25) is 0 Å². The summed E-state index contributed by atoms with van der Waals surface area (Å²) in [6, 6.07) is -0.497. The molecular formula is C17H30N2O3. The second kappa shape index (κ2) is 10.4. The first kappa shape index (κ1) is 18.7. The molecule has 1 N–H and O–H groups in total. The summed E-state index contributed by atoms with van der Waals surface area (Å²) in [5.41, 5.74) is 0. The van der Waals surface area contributed by atoms with Crippen molar-refractivity contribution in [3.63, 3.8) is 0 Å². The minimum Gasteiger partial charge on any atom is -0.331 e. The summed E-state index contributed by atoms with van der Waals surface area (Å²) < 4.78 is 0. The lowest BCUT2D eigenvalue weighted by atomic mass is 10.1. The molecule has 1 saturated heterocycles. The normalized spacial score (nSPS) is 15.9. The van der Waals surface area contributed by atoms with E-state index in [0.717, 1.165) is 25.7 Å². The van der Waals surface area contributed by atoms with Gasteiger partial charge in [-0.1, -0.05) is 46.0 Å². The van der Waals surface area contributed by atoms with E-state index in [2.05, 4.69) is 12.2 Å². The van der Waals surface area contributed by atoms with E-state index in [0.29, 0.717) is 25.8 Å². The quantitative estimate of drug-likeness (QED) is 0.631. The van der Waals surface area contributed by atoms with E-state index in [9.17, 15) is 14.4 Å². The number of carbonyl (C=O) groups excluding carboxylic acids is 3. The molecule has 0 aromatic rings. The van der Waals surface area contributed by atoms with Crippen molar-refractivity contribution in [3.8, 4) is 0 Å². The summed E-state index contributed by atoms with van der Waals surface area (Å²) in [6.45, 7) is 4.67. The first-order chi connectivity index (χ1) is 10.6. The van der Waals surface area contributed by atoms with Crippen LogP contribution in [0.3, 0.4) is 0 Å². The molecule has 1 fully saturated rings. The van der Waals surface area contributed by atoms with Crippen LogP contribution in [0.4, 0.5) is 0 Å². The van der Waals surface area contributed by atoms with Gasteiger partial charge in [0.05, 0.1) is 0 Å². The van der Waals surface area contributed by atoms with Crippen LogP contribution in [0.1, 0.15) is 78.1 Å². The zero-order chi connectivity index (χ0) is 16.4. The molecule has 1 aliphatic rings. The molecule has 1 heterocycles. The molecule has 0 aliphatic carbocycles. The number of amides is 3. The number of hydrogen-bond acceptors (Lipinski definition) is 3. The van der Waals surface area contributed by atoms with Crippen LogP contribution in [0.15, 0.2) is 0 Å². The lowest BCUT2D eigenvalue weighted by Crippen LogP contribution is -2.48. The fourth-order valence-corrected chi connectivity index (χ4v) is 2.90. The molecule has 0 aromatic carbocycles. The number of nitrogens with zero attached hydrogens (tertiary/aromatic N) is 1. The SMILES string of the molecule is CCCCCCCCC(=O)NC(=O)C(CC)N1CCCC1=O. The molecule has 1 rings (SSSR count). The minimum absolute atomic E-state index is 0.0189. The van der Waals surface area contributed by atoms with Crippen molar-refractivity contribution in [1.29, 1.82) is 0 Å². The largest absolute Gasteiger partial charge is 0.331 e. The molecule has 22 heavy (non-hydrogen) atoms. The third-order valence-corrected chi connectivity index (χ3v) is 4.20. The topological polar surface area (TPSA) is 66.5 Å². The zero-order valence-electron chi connectivity index (χ0n) is 14.0. The van der Waals surface area contributed by atoms with Gasteiger partial charge in [-0.15, -0.1) is 0 Å². The first-order valence-corrected chi connectivity index (χ1v) is 8.73. The fourth-order valence-electron chi connectivity index (χ4n) is 2.90. The Labute approximate surface area is 133 Å². The molecule has 0 bridgehead atoms. The molecular weight excluding hydrogens is 280 g/mol. The lowest BCUT2D eigenvalue weighted by Gasteiger charge is -2.25. The van der Waals surface area contributed by atoms with E-state index in [1.165, 1.54) is 19.3 Å². The predicted octanol–water partition coefficient (Wildman–Crippen LogP) is 2.78. The molecule has 0 aromatic heterocycles. The predicted molar refractivity (Wildman–Crippen MR) is 86.2 cm³/mol. The lowest BCUT2D eigenvalue weighted by molar-refractivity contribution is -0.140. The summed E-state index contributed by atoms with van der Waals surface area (Å²) in [6.07, 6.45) is 8.91. The molecule has 5 heteroatoms. The number of imide groups is 1. The van der Waals surface area contributed by atoms with E-state index in [1.54, 1.807) is 4.90 Å². The van der Waals surface area contributed by atoms with Gasteiger partial charge in [-0.3, -0.25) is 19.7 Å². The van der Waals surface area contributed by atoms with E-state index >= 15 is 0 Å². The number of nitrogens with one attached hydrogen (secondary N) is 1. The third-order valence-electron chi connectivity index (χ3n) is 4.20. The van der Waals surface area contributed by atoms with Gasteiger partial charge in [0.25, 0.3) is 0 Å². The second-order valence-corrected chi connectivity index (χ2v) is 6.04. The van der Waals surface area contributed by atoms with Gasteiger partial charge in [-0.2, -0.15) is 0 Å². The van der Waals surface area contributed by atoms with Gasteiger partial charge in [0.15, 0.2) is 0 Å². The highest BCUT2D eigenvalue weighted by molar-refractivity contribution is 5.99. The van der Waals surface area contributed by atoms with Crippen LogP contribution < -0.4 is 5.32 Å². The van der Waals surface area contributed by atoms with Crippen molar-refractivity contribution >= 4 is 17.7 Å². The molecule has 126 valence electrons. The van der Waals surface area contributed by atoms with Crippen molar-refractivity contribution in [1.82, 2.24) is 10.2 Å². The number of likely N-dealkylation sites (tertiary alicyclic amines) is 1. The van der Waals surface area contributed by atoms with Crippen molar-refractivity contribution in [2.75, 3.05) is 6.54 Å². The van der Waals surface area contributed by atoms with Gasteiger partial charge in [0, 0.05) is 19.4 Å². The van der Waals surface area contributed by atoms with Gasteiger partial charge in [-0.25, -0.2) is 0 Å². The molecule has 0 spiro atoms. The maximum Gasteiger partial charge on any atom is 0.249 e. The monoisotopic (exact) mass is 310 g/mol. The average Bonchev–Trinajstić information content (AvgIpc) is 2.90. The minimum atomic E-state index is -0.497. The molecule has 1 atom stereocenters. The number of rotatable bonds is 10. The van der Waals surface area contributed by atoms with Crippen LogP contribution in [-0.4, -0.2) is 35.2 Å². The smallest absolute Gasteiger partial charge is 0.249 e. The van der Waals surface area contributed by atoms with Gasteiger partial charge < -0.3 is 4.90 Å². The average molecular weight is 310 g/mol. The number of carbonyl (C=O) groups is 3. The highest BCUT2D eigenvalue weighted by Gasteiger charge is 2.31. The Hall–Kier alpha value is -1.39. The molecule has 0 saturated carbocycles. The maximum atomic E-state index is 12.2. The molecule has 1 unspecified atom stereocenters. The molecule has 1 aliphatic heterocycles. The van der Waals surface area contributed by atoms with Gasteiger partial charge in [0.2, 0.25) is 17.7 Å². The van der Waals surface area contributed by atoms with E-state index in [1.807, 2.05) is 6.92 Å². The molecule has 5 nitrogen and oxygen atoms in total. The van der Waals surface area contributed by atoms with Crippen LogP contribution >= 0.6 is 0 Å². The summed E-state index contributed by atoms with van der Waals surface area (Å²) in [7, 11) is 0. The van der Waals surface area contributed by atoms with Crippen LogP contribution in [0.5, 0.6) is 0 Å². The highest BCUT2D eigenvalue weighted by atomic mass is 16.2. The van der Waals surface area contributed by atoms with Crippen LogP contribution in [0, 0.1) is 0 Å². The van der Waals surface area contributed by atoms with Gasteiger partial charge in [-0.05, 0) is 19.3 Å². The van der Waals surface area contributed by atoms with Crippen molar-refractivity contribution in [2.45, 2.75) is 84.1 Å². The summed E-state index contributed by atoms with van der Waals surface area (Å²) in [4.78, 5) is 37.3. The van der Waals surface area contributed by atoms with Crippen molar-refractivity contribution in [2.24, 2.45) is 0 Å². The number of unbranched alkanes of at least 4 members (excludes halogenated alkanes) is 5. The summed E-state index contributed by atoms with van der Waals surface area (Å²) in [5.74, 6) is -0.523. The Balaban J connectivity index is 2.27. The maximum absolute atomic E-state index is 12.2.